The van der Waals surface area contributed by atoms with Gasteiger partial charge in [-0.2, -0.15) is 0 Å². The third-order valence-electron chi connectivity index (χ3n) is 2.86. The Morgan fingerprint density at radius 2 is 2.25 bits per heavy atom. The Balaban J connectivity index is 2.61. The molecule has 1 saturated heterocycles. The number of hydrogen-bond donors (Lipinski definition) is 1. The Labute approximate surface area is 98.3 Å². The number of rotatable bonds is 3. The third-order valence-corrected chi connectivity index (χ3v) is 2.86. The Bertz CT molecular complexity index is 231. The first-order valence-corrected chi connectivity index (χ1v) is 6.21. The SMILES string of the molecule is CCOC(=O)N1CC(C)NCC1CC(C)C. The summed E-state index contributed by atoms with van der Waals surface area (Å²) in [5.74, 6) is 0.595. The van der Waals surface area contributed by atoms with Crippen LogP contribution in [0.15, 0.2) is 0 Å². The van der Waals surface area contributed by atoms with Gasteiger partial charge < -0.3 is 15.0 Å². The highest BCUT2D eigenvalue weighted by Gasteiger charge is 2.30. The van der Waals surface area contributed by atoms with E-state index in [4.69, 9.17) is 4.74 Å². The smallest absolute Gasteiger partial charge is 0.410 e. The zero-order valence-electron chi connectivity index (χ0n) is 10.8. The van der Waals surface area contributed by atoms with Gasteiger partial charge in [-0.25, -0.2) is 4.79 Å². The molecule has 0 spiro atoms. The van der Waals surface area contributed by atoms with Crippen LogP contribution in [0.25, 0.3) is 0 Å². The number of piperazine rings is 1. The first kappa shape index (κ1) is 13.3. The Morgan fingerprint density at radius 3 is 2.81 bits per heavy atom. The van der Waals surface area contributed by atoms with Crippen molar-refractivity contribution in [2.24, 2.45) is 5.92 Å². The molecule has 1 heterocycles. The number of nitrogens with zero attached hydrogens (tertiary/aromatic N) is 1. The molecule has 1 aliphatic rings. The molecule has 1 rings (SSSR count). The van der Waals surface area contributed by atoms with Crippen LogP contribution in [-0.2, 0) is 4.74 Å². The molecular weight excluding hydrogens is 204 g/mol. The maximum Gasteiger partial charge on any atom is 0.410 e. The topological polar surface area (TPSA) is 41.6 Å². The van der Waals surface area contributed by atoms with Gasteiger partial charge in [0.2, 0.25) is 0 Å². The Morgan fingerprint density at radius 1 is 1.56 bits per heavy atom. The van der Waals surface area contributed by atoms with Crippen LogP contribution in [0.1, 0.15) is 34.1 Å². The lowest BCUT2D eigenvalue weighted by atomic mass is 10.00. The number of nitrogens with one attached hydrogen (secondary N) is 1. The van der Waals surface area contributed by atoms with Gasteiger partial charge in [0.1, 0.15) is 0 Å². The van der Waals surface area contributed by atoms with E-state index in [1.165, 1.54) is 0 Å². The number of carbonyl (C=O) groups is 1. The van der Waals surface area contributed by atoms with E-state index in [2.05, 4.69) is 26.1 Å². The lowest BCUT2D eigenvalue weighted by molar-refractivity contribution is 0.0673. The van der Waals surface area contributed by atoms with Gasteiger partial charge >= 0.3 is 6.09 Å². The zero-order chi connectivity index (χ0) is 12.1. The molecule has 1 N–H and O–H groups in total. The van der Waals surface area contributed by atoms with E-state index < -0.39 is 0 Å². The van der Waals surface area contributed by atoms with E-state index >= 15 is 0 Å². The van der Waals surface area contributed by atoms with Crippen molar-refractivity contribution in [3.63, 3.8) is 0 Å². The molecule has 1 amide bonds. The summed E-state index contributed by atoms with van der Waals surface area (Å²) in [6.07, 6.45) is 0.861. The van der Waals surface area contributed by atoms with E-state index in [0.29, 0.717) is 18.6 Å². The highest BCUT2D eigenvalue weighted by atomic mass is 16.6. The normalized spacial score (nSPS) is 25.9. The molecule has 2 atom stereocenters. The van der Waals surface area contributed by atoms with Crippen LogP contribution in [0, 0.1) is 5.92 Å². The Hall–Kier alpha value is -0.770. The quantitative estimate of drug-likeness (QED) is 0.801. The third kappa shape index (κ3) is 3.67. The molecule has 2 unspecified atom stereocenters. The van der Waals surface area contributed by atoms with Gasteiger partial charge in [-0.3, -0.25) is 0 Å². The summed E-state index contributed by atoms with van der Waals surface area (Å²) < 4.78 is 5.10. The molecular formula is C12H24N2O2. The van der Waals surface area contributed by atoms with Crippen LogP contribution in [0.5, 0.6) is 0 Å². The molecule has 4 nitrogen and oxygen atoms in total. The minimum atomic E-state index is -0.165. The lowest BCUT2D eigenvalue weighted by Gasteiger charge is -2.39. The van der Waals surface area contributed by atoms with E-state index in [0.717, 1.165) is 19.5 Å². The molecule has 94 valence electrons. The number of carbonyl (C=O) groups excluding carboxylic acids is 1. The standard InChI is InChI=1S/C12H24N2O2/c1-5-16-12(15)14-8-10(4)13-7-11(14)6-9(2)3/h9-11,13H,5-8H2,1-4H3. The molecule has 0 saturated carbocycles. The van der Waals surface area contributed by atoms with Crippen molar-refractivity contribution in [2.45, 2.75) is 46.2 Å². The molecule has 16 heavy (non-hydrogen) atoms. The maximum atomic E-state index is 11.8. The van der Waals surface area contributed by atoms with Crippen molar-refractivity contribution in [3.8, 4) is 0 Å². The minimum Gasteiger partial charge on any atom is -0.450 e. The fourth-order valence-electron chi connectivity index (χ4n) is 2.14. The number of amides is 1. The molecule has 0 bridgehead atoms. The largest absolute Gasteiger partial charge is 0.450 e. The van der Waals surface area contributed by atoms with Gasteiger partial charge in [0.15, 0.2) is 0 Å². The second-order valence-electron chi connectivity index (χ2n) is 4.94. The summed E-state index contributed by atoms with van der Waals surface area (Å²) in [7, 11) is 0. The summed E-state index contributed by atoms with van der Waals surface area (Å²) >= 11 is 0. The summed E-state index contributed by atoms with van der Waals surface area (Å²) in [6, 6.07) is 0.628. The first-order chi connectivity index (χ1) is 7.54. The van der Waals surface area contributed by atoms with E-state index in [9.17, 15) is 4.79 Å². The number of hydrogen-bond acceptors (Lipinski definition) is 3. The van der Waals surface area contributed by atoms with Crippen molar-refractivity contribution >= 4 is 6.09 Å². The van der Waals surface area contributed by atoms with Crippen LogP contribution in [0.2, 0.25) is 0 Å². The first-order valence-electron chi connectivity index (χ1n) is 6.21. The van der Waals surface area contributed by atoms with Crippen LogP contribution in [0.3, 0.4) is 0 Å². The highest BCUT2D eigenvalue weighted by Crippen LogP contribution is 2.16. The van der Waals surface area contributed by atoms with Gasteiger partial charge in [-0.15, -0.1) is 0 Å². The minimum absolute atomic E-state index is 0.165. The molecule has 0 aliphatic carbocycles. The molecule has 0 aromatic carbocycles. The van der Waals surface area contributed by atoms with Crippen LogP contribution >= 0.6 is 0 Å². The zero-order valence-corrected chi connectivity index (χ0v) is 10.8. The monoisotopic (exact) mass is 228 g/mol. The van der Waals surface area contributed by atoms with Crippen LogP contribution < -0.4 is 5.32 Å². The van der Waals surface area contributed by atoms with Gasteiger partial charge in [-0.1, -0.05) is 13.8 Å². The van der Waals surface area contributed by atoms with E-state index in [1.807, 2.05) is 11.8 Å². The molecule has 4 heteroatoms. The molecule has 1 fully saturated rings. The van der Waals surface area contributed by atoms with Gasteiger partial charge in [0, 0.05) is 25.2 Å². The lowest BCUT2D eigenvalue weighted by Crippen LogP contribution is -2.57. The van der Waals surface area contributed by atoms with Gasteiger partial charge in [0.05, 0.1) is 6.61 Å². The fourth-order valence-corrected chi connectivity index (χ4v) is 2.14. The molecule has 0 aromatic heterocycles. The van der Waals surface area contributed by atoms with Crippen molar-refractivity contribution in [3.05, 3.63) is 0 Å². The summed E-state index contributed by atoms with van der Waals surface area (Å²) in [6.45, 7) is 10.4. The average Bonchev–Trinajstić information content (AvgIpc) is 2.20. The predicted molar refractivity (Wildman–Crippen MR) is 64.4 cm³/mol. The van der Waals surface area contributed by atoms with Crippen LogP contribution in [-0.4, -0.2) is 42.8 Å². The molecule has 1 aliphatic heterocycles. The highest BCUT2D eigenvalue weighted by molar-refractivity contribution is 5.68. The number of ether oxygens (including phenoxy) is 1. The van der Waals surface area contributed by atoms with Crippen molar-refractivity contribution in [2.75, 3.05) is 19.7 Å². The second-order valence-corrected chi connectivity index (χ2v) is 4.94. The van der Waals surface area contributed by atoms with E-state index in [-0.39, 0.29) is 12.1 Å². The maximum absolute atomic E-state index is 11.8. The van der Waals surface area contributed by atoms with E-state index in [1.54, 1.807) is 0 Å². The van der Waals surface area contributed by atoms with Crippen LogP contribution in [0.4, 0.5) is 4.79 Å². The van der Waals surface area contributed by atoms with Gasteiger partial charge in [-0.05, 0) is 26.2 Å². The fraction of sp³-hybridized carbons (Fsp3) is 0.917. The summed E-state index contributed by atoms with van der Waals surface area (Å²) in [5.41, 5.74) is 0. The molecule has 0 radical (unpaired) electrons. The summed E-state index contributed by atoms with van der Waals surface area (Å²) in [5, 5.41) is 3.41. The second kappa shape index (κ2) is 6.09. The van der Waals surface area contributed by atoms with Crippen molar-refractivity contribution < 1.29 is 9.53 Å². The van der Waals surface area contributed by atoms with Gasteiger partial charge in [0.25, 0.3) is 0 Å². The van der Waals surface area contributed by atoms with Crippen molar-refractivity contribution in [1.82, 2.24) is 10.2 Å². The summed E-state index contributed by atoms with van der Waals surface area (Å²) in [4.78, 5) is 13.7. The van der Waals surface area contributed by atoms with Crippen molar-refractivity contribution in [1.29, 1.82) is 0 Å². The predicted octanol–water partition coefficient (Wildman–Crippen LogP) is 1.85. The molecule has 0 aromatic rings. The Kier molecular flexibility index (Phi) is 5.06. The average molecular weight is 228 g/mol.